The van der Waals surface area contributed by atoms with Gasteiger partial charge in [0.25, 0.3) is 0 Å². The van der Waals surface area contributed by atoms with E-state index in [0.717, 1.165) is 18.4 Å². The van der Waals surface area contributed by atoms with Crippen LogP contribution in [0.25, 0.3) is 0 Å². The van der Waals surface area contributed by atoms with E-state index in [9.17, 15) is 4.79 Å². The molecule has 15 heavy (non-hydrogen) atoms. The van der Waals surface area contributed by atoms with Crippen molar-refractivity contribution in [2.75, 3.05) is 13.4 Å². The monoisotopic (exact) mass is 210 g/mol. The van der Waals surface area contributed by atoms with Gasteiger partial charge in [-0.2, -0.15) is 0 Å². The van der Waals surface area contributed by atoms with Crippen molar-refractivity contribution in [3.8, 4) is 0 Å². The third kappa shape index (κ3) is 1.99. The molecule has 0 amide bonds. The van der Waals surface area contributed by atoms with Crippen LogP contribution in [0, 0.1) is 5.92 Å². The molecule has 0 unspecified atom stereocenters. The van der Waals surface area contributed by atoms with E-state index in [4.69, 9.17) is 9.47 Å². The average molecular weight is 210 g/mol. The highest BCUT2D eigenvalue weighted by Gasteiger charge is 2.40. The molecule has 0 heterocycles. The topological polar surface area (TPSA) is 35.5 Å². The second kappa shape index (κ2) is 4.45. The third-order valence-electron chi connectivity index (χ3n) is 3.47. The van der Waals surface area contributed by atoms with Crippen molar-refractivity contribution < 1.29 is 14.3 Å². The van der Waals surface area contributed by atoms with Gasteiger partial charge in [-0.15, -0.1) is 0 Å². The van der Waals surface area contributed by atoms with Crippen molar-refractivity contribution >= 4 is 5.78 Å². The van der Waals surface area contributed by atoms with Gasteiger partial charge < -0.3 is 9.47 Å². The Morgan fingerprint density at radius 2 is 2.27 bits per heavy atom. The number of Topliss-reactive ketones (excluding diaryl/α,β-unsaturated/α-hetero) is 1. The quantitative estimate of drug-likeness (QED) is 0.526. The van der Waals surface area contributed by atoms with Gasteiger partial charge in [0.05, 0.1) is 6.10 Å². The van der Waals surface area contributed by atoms with Crippen molar-refractivity contribution in [2.45, 2.75) is 39.2 Å². The van der Waals surface area contributed by atoms with Gasteiger partial charge in [-0.1, -0.05) is 5.57 Å². The fourth-order valence-electron chi connectivity index (χ4n) is 2.58. The molecule has 0 saturated heterocycles. The van der Waals surface area contributed by atoms with Crippen molar-refractivity contribution in [3.63, 3.8) is 0 Å². The Hall–Kier alpha value is -0.670. The molecule has 2 atom stereocenters. The maximum atomic E-state index is 11.5. The molecule has 2 aliphatic carbocycles. The third-order valence-corrected chi connectivity index (χ3v) is 3.47. The van der Waals surface area contributed by atoms with Crippen LogP contribution in [0.5, 0.6) is 0 Å². The lowest BCUT2D eigenvalue weighted by atomic mass is 10.0. The number of carbonyl (C=O) groups excluding carboxylic acids is 1. The molecule has 0 aromatic rings. The smallest absolute Gasteiger partial charge is 0.159 e. The molecule has 0 radical (unpaired) electrons. The first-order valence-corrected chi connectivity index (χ1v) is 5.66. The summed E-state index contributed by atoms with van der Waals surface area (Å²) in [5.74, 6) is 0.651. The Kier molecular flexibility index (Phi) is 3.22. The first-order chi connectivity index (χ1) is 7.24. The van der Waals surface area contributed by atoms with Crippen LogP contribution in [-0.4, -0.2) is 25.3 Å². The Balaban J connectivity index is 1.94. The largest absolute Gasteiger partial charge is 0.356 e. The zero-order valence-electron chi connectivity index (χ0n) is 9.41. The fraction of sp³-hybridized carbons (Fsp3) is 0.750. The predicted octanol–water partition coefficient (Wildman–Crippen LogP) is 2.06. The van der Waals surface area contributed by atoms with Crippen LogP contribution in [0.15, 0.2) is 11.1 Å². The Labute approximate surface area is 90.4 Å². The minimum Gasteiger partial charge on any atom is -0.356 e. The van der Waals surface area contributed by atoms with Gasteiger partial charge in [0.2, 0.25) is 0 Å². The van der Waals surface area contributed by atoms with Gasteiger partial charge in [-0.3, -0.25) is 4.79 Å². The molecule has 0 bridgehead atoms. The number of carbonyl (C=O) groups is 1. The lowest BCUT2D eigenvalue weighted by molar-refractivity contribution is -0.118. The van der Waals surface area contributed by atoms with E-state index in [0.29, 0.717) is 31.5 Å². The molecule has 3 heteroatoms. The SMILES string of the molecule is CCOCO[C@@H]1CCC2=C(C)C(=O)C[C@H]21. The van der Waals surface area contributed by atoms with E-state index in [1.54, 1.807) is 0 Å². The number of hydrogen-bond donors (Lipinski definition) is 0. The van der Waals surface area contributed by atoms with E-state index in [1.165, 1.54) is 5.57 Å². The number of rotatable bonds is 4. The molecule has 2 rings (SSSR count). The second-order valence-corrected chi connectivity index (χ2v) is 4.24. The van der Waals surface area contributed by atoms with Crippen LogP contribution in [0.1, 0.15) is 33.1 Å². The summed E-state index contributed by atoms with van der Waals surface area (Å²) in [5.41, 5.74) is 2.32. The zero-order valence-corrected chi connectivity index (χ0v) is 9.41. The summed E-state index contributed by atoms with van der Waals surface area (Å²) >= 11 is 0. The maximum Gasteiger partial charge on any atom is 0.159 e. The number of ketones is 1. The summed E-state index contributed by atoms with van der Waals surface area (Å²) in [5, 5.41) is 0. The summed E-state index contributed by atoms with van der Waals surface area (Å²) < 4.78 is 10.8. The van der Waals surface area contributed by atoms with Crippen LogP contribution < -0.4 is 0 Å². The lowest BCUT2D eigenvalue weighted by Crippen LogP contribution is -2.20. The summed E-state index contributed by atoms with van der Waals surface area (Å²) in [7, 11) is 0. The van der Waals surface area contributed by atoms with E-state index >= 15 is 0 Å². The van der Waals surface area contributed by atoms with Crippen LogP contribution in [0.2, 0.25) is 0 Å². The van der Waals surface area contributed by atoms with Gasteiger partial charge in [0.1, 0.15) is 6.79 Å². The van der Waals surface area contributed by atoms with Gasteiger partial charge in [-0.05, 0) is 32.3 Å². The molecule has 84 valence electrons. The molecule has 0 aromatic heterocycles. The van der Waals surface area contributed by atoms with Crippen molar-refractivity contribution in [1.82, 2.24) is 0 Å². The first-order valence-electron chi connectivity index (χ1n) is 5.66. The molecule has 0 aromatic carbocycles. The van der Waals surface area contributed by atoms with E-state index in [1.807, 2.05) is 13.8 Å². The lowest BCUT2D eigenvalue weighted by Gasteiger charge is -2.17. The molecule has 0 spiro atoms. The van der Waals surface area contributed by atoms with Gasteiger partial charge in [-0.25, -0.2) is 0 Å². The van der Waals surface area contributed by atoms with Crippen LogP contribution in [0.4, 0.5) is 0 Å². The average Bonchev–Trinajstić information content (AvgIpc) is 2.72. The molecule has 2 aliphatic rings. The fourth-order valence-corrected chi connectivity index (χ4v) is 2.58. The van der Waals surface area contributed by atoms with E-state index in [2.05, 4.69) is 0 Å². The molecule has 1 fully saturated rings. The van der Waals surface area contributed by atoms with E-state index < -0.39 is 0 Å². The Morgan fingerprint density at radius 1 is 1.47 bits per heavy atom. The number of hydrogen-bond acceptors (Lipinski definition) is 3. The van der Waals surface area contributed by atoms with Crippen molar-refractivity contribution in [1.29, 1.82) is 0 Å². The van der Waals surface area contributed by atoms with Crippen LogP contribution in [0.3, 0.4) is 0 Å². The highest BCUT2D eigenvalue weighted by atomic mass is 16.7. The van der Waals surface area contributed by atoms with E-state index in [-0.39, 0.29) is 6.10 Å². The number of ether oxygens (including phenoxy) is 2. The Bertz CT molecular complexity index is 293. The number of allylic oxidation sites excluding steroid dienone is 1. The summed E-state index contributed by atoms with van der Waals surface area (Å²) in [6.07, 6.45) is 2.92. The zero-order chi connectivity index (χ0) is 10.8. The van der Waals surface area contributed by atoms with Crippen molar-refractivity contribution in [2.24, 2.45) is 5.92 Å². The molecule has 3 nitrogen and oxygen atoms in total. The number of fused-ring (bicyclic) bond motifs is 1. The molecular weight excluding hydrogens is 192 g/mol. The van der Waals surface area contributed by atoms with Gasteiger partial charge >= 0.3 is 0 Å². The normalized spacial score (nSPS) is 30.1. The summed E-state index contributed by atoms with van der Waals surface area (Å²) in [6, 6.07) is 0. The summed E-state index contributed by atoms with van der Waals surface area (Å²) in [4.78, 5) is 11.5. The summed E-state index contributed by atoms with van der Waals surface area (Å²) in [6.45, 7) is 4.94. The molecule has 0 N–H and O–H groups in total. The molecule has 0 aliphatic heterocycles. The highest BCUT2D eigenvalue weighted by Crippen LogP contribution is 2.43. The minimum absolute atomic E-state index is 0.202. The maximum absolute atomic E-state index is 11.5. The van der Waals surface area contributed by atoms with Crippen molar-refractivity contribution in [3.05, 3.63) is 11.1 Å². The predicted molar refractivity (Wildman–Crippen MR) is 56.4 cm³/mol. The Morgan fingerprint density at radius 3 is 3.00 bits per heavy atom. The standard InChI is InChI=1S/C12H18O3/c1-3-14-7-15-12-5-4-9-8(2)11(13)6-10(9)12/h10,12H,3-7H2,1-2H3/t10-,12-/m1/s1. The van der Waals surface area contributed by atoms with Crippen LogP contribution in [-0.2, 0) is 14.3 Å². The second-order valence-electron chi connectivity index (χ2n) is 4.24. The molecule has 1 saturated carbocycles. The van der Waals surface area contributed by atoms with Crippen LogP contribution >= 0.6 is 0 Å². The van der Waals surface area contributed by atoms with Gasteiger partial charge in [0, 0.05) is 18.9 Å². The first kappa shape index (κ1) is 10.8. The highest BCUT2D eigenvalue weighted by molar-refractivity contribution is 5.98. The van der Waals surface area contributed by atoms with Gasteiger partial charge in [0.15, 0.2) is 5.78 Å². The molecular formula is C12H18O3. The minimum atomic E-state index is 0.202.